The average Bonchev–Trinajstić information content (AvgIpc) is 3.42. The molecule has 1 amide bonds. The van der Waals surface area contributed by atoms with Gasteiger partial charge in [0.25, 0.3) is 0 Å². The van der Waals surface area contributed by atoms with E-state index in [1.807, 2.05) is 42.0 Å². The lowest BCUT2D eigenvalue weighted by Crippen LogP contribution is -2.41. The van der Waals surface area contributed by atoms with Crippen LogP contribution in [0.25, 0.3) is 5.82 Å². The first-order valence-electron chi connectivity index (χ1n) is 13.9. The molecule has 0 spiro atoms. The Labute approximate surface area is 250 Å². The summed E-state index contributed by atoms with van der Waals surface area (Å²) < 4.78 is 1.89. The van der Waals surface area contributed by atoms with Crippen LogP contribution in [0.1, 0.15) is 55.5 Å². The Morgan fingerprint density at radius 2 is 1.93 bits per heavy atom. The molecule has 3 N–H and O–H groups in total. The molecule has 0 bridgehead atoms. The van der Waals surface area contributed by atoms with E-state index in [9.17, 15) is 4.79 Å². The molecule has 0 aliphatic heterocycles. The van der Waals surface area contributed by atoms with Crippen LogP contribution in [-0.4, -0.2) is 36.5 Å². The molecule has 1 aromatic carbocycles. The number of imidazole rings is 1. The largest absolute Gasteiger partial charge is 0.358 e. The summed E-state index contributed by atoms with van der Waals surface area (Å²) in [5.74, 6) is 2.79. The molecule has 9 nitrogen and oxygen atoms in total. The molecular formula is C30H34Cl2N8O. The summed E-state index contributed by atoms with van der Waals surface area (Å²) in [5.41, 5.74) is 1.81. The second-order valence-electron chi connectivity index (χ2n) is 10.4. The maximum absolute atomic E-state index is 13.6. The van der Waals surface area contributed by atoms with E-state index < -0.39 is 6.04 Å². The maximum Gasteiger partial charge on any atom is 0.242 e. The number of rotatable bonds is 11. The summed E-state index contributed by atoms with van der Waals surface area (Å²) in [4.78, 5) is 31.6. The minimum Gasteiger partial charge on any atom is -0.358 e. The Balaban J connectivity index is 1.39. The van der Waals surface area contributed by atoms with Crippen LogP contribution in [0.4, 0.5) is 11.8 Å². The van der Waals surface area contributed by atoms with Gasteiger partial charge < -0.3 is 16.0 Å². The summed E-state index contributed by atoms with van der Waals surface area (Å²) in [7, 11) is 0. The molecule has 1 saturated carbocycles. The molecule has 1 aliphatic rings. The fraction of sp³-hybridized carbons (Fsp3) is 0.367. The highest BCUT2D eigenvalue weighted by atomic mass is 35.5. The van der Waals surface area contributed by atoms with Gasteiger partial charge in [0.1, 0.15) is 23.5 Å². The molecule has 1 fully saturated rings. The van der Waals surface area contributed by atoms with E-state index >= 15 is 0 Å². The highest BCUT2D eigenvalue weighted by Crippen LogP contribution is 2.29. The fourth-order valence-corrected chi connectivity index (χ4v) is 5.63. The van der Waals surface area contributed by atoms with E-state index in [-0.39, 0.29) is 5.91 Å². The Morgan fingerprint density at radius 1 is 1.07 bits per heavy atom. The molecule has 11 heteroatoms. The first-order valence-corrected chi connectivity index (χ1v) is 14.7. The van der Waals surface area contributed by atoms with E-state index in [1.54, 1.807) is 30.7 Å². The van der Waals surface area contributed by atoms with Gasteiger partial charge >= 0.3 is 0 Å². The lowest BCUT2D eigenvalue weighted by Gasteiger charge is -2.27. The molecule has 3 aromatic heterocycles. The van der Waals surface area contributed by atoms with Crippen molar-refractivity contribution in [3.05, 3.63) is 88.2 Å². The van der Waals surface area contributed by atoms with Crippen molar-refractivity contribution < 1.29 is 4.79 Å². The number of hydrogen-bond acceptors (Lipinski definition) is 7. The van der Waals surface area contributed by atoms with E-state index in [0.29, 0.717) is 53.1 Å². The number of nitrogens with zero attached hydrogens (tertiary/aromatic N) is 5. The van der Waals surface area contributed by atoms with E-state index in [4.69, 9.17) is 33.2 Å². The Kier molecular flexibility index (Phi) is 9.69. The number of nitrogens with one attached hydrogen (secondary N) is 3. The van der Waals surface area contributed by atoms with Gasteiger partial charge in [0.2, 0.25) is 11.9 Å². The summed E-state index contributed by atoms with van der Waals surface area (Å²) in [6, 6.07) is 10.5. The molecule has 3 heterocycles. The van der Waals surface area contributed by atoms with Gasteiger partial charge in [0.05, 0.1) is 0 Å². The van der Waals surface area contributed by atoms with Crippen LogP contribution in [0.5, 0.6) is 0 Å². The summed E-state index contributed by atoms with van der Waals surface area (Å²) in [5, 5.41) is 10.9. The zero-order valence-electron chi connectivity index (χ0n) is 23.0. The van der Waals surface area contributed by atoms with Crippen LogP contribution in [0, 0.1) is 12.8 Å². The van der Waals surface area contributed by atoms with Gasteiger partial charge in [-0.15, -0.1) is 0 Å². The number of halogens is 2. The number of aromatic nitrogens is 5. The summed E-state index contributed by atoms with van der Waals surface area (Å²) in [6.07, 6.45) is 13.7. The van der Waals surface area contributed by atoms with Crippen LogP contribution < -0.4 is 16.0 Å². The molecule has 1 aliphatic carbocycles. The number of hydrogen-bond donors (Lipinski definition) is 3. The second-order valence-corrected chi connectivity index (χ2v) is 11.2. The Morgan fingerprint density at radius 3 is 2.66 bits per heavy atom. The standard InChI is InChI=1S/C30H34Cl2N8O/c1-20-34-12-13-40(20)28-16-27(38-30(39-28)36-18-22-8-5-11-33-17-22)37-26(14-21-6-3-2-4-7-21)29(41)35-19-23-9-10-24(31)15-25(23)32/h5,8-13,15-17,21,26H,2-4,6-7,14,18-19H2,1H3,(H,35,41)(H2,36,37,38,39). The van der Waals surface area contributed by atoms with Crippen LogP contribution in [0.15, 0.2) is 61.2 Å². The van der Waals surface area contributed by atoms with Gasteiger partial charge in [-0.1, -0.05) is 67.4 Å². The number of carbonyl (C=O) groups excluding carboxylic acids is 1. The van der Waals surface area contributed by atoms with E-state index in [1.165, 1.54) is 19.3 Å². The van der Waals surface area contributed by atoms with Gasteiger partial charge in [-0.25, -0.2) is 4.98 Å². The monoisotopic (exact) mass is 592 g/mol. The van der Waals surface area contributed by atoms with Crippen LogP contribution >= 0.6 is 23.2 Å². The predicted molar refractivity (Wildman–Crippen MR) is 162 cm³/mol. The third-order valence-corrected chi connectivity index (χ3v) is 7.95. The fourth-order valence-electron chi connectivity index (χ4n) is 5.15. The van der Waals surface area contributed by atoms with Crippen molar-refractivity contribution in [3.63, 3.8) is 0 Å². The number of pyridine rings is 1. The quantitative estimate of drug-likeness (QED) is 0.186. The number of carbonyl (C=O) groups is 1. The molecule has 5 rings (SSSR count). The lowest BCUT2D eigenvalue weighted by atomic mass is 9.84. The number of amides is 1. The average molecular weight is 594 g/mol. The highest BCUT2D eigenvalue weighted by Gasteiger charge is 2.25. The highest BCUT2D eigenvalue weighted by molar-refractivity contribution is 6.35. The molecular weight excluding hydrogens is 559 g/mol. The number of benzene rings is 1. The molecule has 4 aromatic rings. The number of anilines is 2. The minimum absolute atomic E-state index is 0.106. The van der Waals surface area contributed by atoms with Crippen LogP contribution in [0.3, 0.4) is 0 Å². The van der Waals surface area contributed by atoms with Crippen molar-refractivity contribution in [2.75, 3.05) is 10.6 Å². The van der Waals surface area contributed by atoms with Gasteiger partial charge in [-0.2, -0.15) is 9.97 Å². The van der Waals surface area contributed by atoms with Crippen molar-refractivity contribution in [1.29, 1.82) is 0 Å². The maximum atomic E-state index is 13.6. The lowest BCUT2D eigenvalue weighted by molar-refractivity contribution is -0.122. The molecule has 0 radical (unpaired) electrons. The third kappa shape index (κ3) is 7.95. The zero-order chi connectivity index (χ0) is 28.6. The second kappa shape index (κ2) is 13.8. The summed E-state index contributed by atoms with van der Waals surface area (Å²) in [6.45, 7) is 2.73. The third-order valence-electron chi connectivity index (χ3n) is 7.36. The van der Waals surface area contributed by atoms with Gasteiger partial charge in [-0.05, 0) is 48.6 Å². The number of aryl methyl sites for hydroxylation is 1. The summed E-state index contributed by atoms with van der Waals surface area (Å²) >= 11 is 12.4. The van der Waals surface area contributed by atoms with Gasteiger partial charge in [-0.3, -0.25) is 14.3 Å². The van der Waals surface area contributed by atoms with E-state index in [0.717, 1.165) is 29.8 Å². The first kappa shape index (κ1) is 28.8. The molecule has 0 saturated heterocycles. The molecule has 1 atom stereocenters. The van der Waals surface area contributed by atoms with Crippen molar-refractivity contribution in [2.45, 2.75) is 64.6 Å². The zero-order valence-corrected chi connectivity index (χ0v) is 24.5. The predicted octanol–water partition coefficient (Wildman–Crippen LogP) is 6.35. The van der Waals surface area contributed by atoms with Crippen molar-refractivity contribution in [2.24, 2.45) is 5.92 Å². The van der Waals surface area contributed by atoms with Crippen molar-refractivity contribution in [1.82, 2.24) is 29.8 Å². The first-order chi connectivity index (χ1) is 19.9. The minimum atomic E-state index is -0.484. The molecule has 1 unspecified atom stereocenters. The topological polar surface area (TPSA) is 110 Å². The van der Waals surface area contributed by atoms with Gasteiger partial charge in [0.15, 0.2) is 0 Å². The van der Waals surface area contributed by atoms with Crippen LogP contribution in [0.2, 0.25) is 10.0 Å². The van der Waals surface area contributed by atoms with Crippen LogP contribution in [-0.2, 0) is 17.9 Å². The molecule has 214 valence electrons. The smallest absolute Gasteiger partial charge is 0.242 e. The van der Waals surface area contributed by atoms with Crippen molar-refractivity contribution in [3.8, 4) is 5.82 Å². The van der Waals surface area contributed by atoms with Gasteiger partial charge in [0, 0.05) is 54.0 Å². The normalized spacial score (nSPS) is 14.4. The SMILES string of the molecule is Cc1nccn1-c1cc(NC(CC2CCCCC2)C(=O)NCc2ccc(Cl)cc2Cl)nc(NCc2cccnc2)n1. The van der Waals surface area contributed by atoms with E-state index in [2.05, 4.69) is 25.9 Å². The Hall–Kier alpha value is -3.69. The Bertz CT molecular complexity index is 1460. The van der Waals surface area contributed by atoms with Crippen molar-refractivity contribution >= 4 is 40.9 Å². The molecule has 41 heavy (non-hydrogen) atoms.